The molecular weight excluding hydrogens is 342 g/mol. The molecule has 0 fully saturated rings. The predicted molar refractivity (Wildman–Crippen MR) is 107 cm³/mol. The number of carbonyl (C=O) groups is 1. The summed E-state index contributed by atoms with van der Waals surface area (Å²) in [6.07, 6.45) is 2.11. The molecule has 0 spiro atoms. The molecule has 0 heterocycles. The van der Waals surface area contributed by atoms with Crippen molar-refractivity contribution in [1.29, 1.82) is 0 Å². The Bertz CT molecular complexity index is 758. The number of hydrogen-bond acceptors (Lipinski definition) is 4. The van der Waals surface area contributed by atoms with Crippen molar-refractivity contribution in [1.82, 2.24) is 5.32 Å². The largest absolute Gasteiger partial charge is 0.497 e. The molecule has 0 aliphatic rings. The summed E-state index contributed by atoms with van der Waals surface area (Å²) >= 11 is 0. The van der Waals surface area contributed by atoms with Crippen LogP contribution in [0.3, 0.4) is 0 Å². The Balaban J connectivity index is 1.68. The number of rotatable bonds is 10. The van der Waals surface area contributed by atoms with E-state index >= 15 is 0 Å². The van der Waals surface area contributed by atoms with Crippen molar-refractivity contribution in [2.45, 2.75) is 39.7 Å². The van der Waals surface area contributed by atoms with Crippen LogP contribution >= 0.6 is 0 Å². The van der Waals surface area contributed by atoms with Gasteiger partial charge in [0.05, 0.1) is 20.8 Å². The number of unbranched alkanes of at least 4 members (excludes halogenated alkanes) is 1. The van der Waals surface area contributed by atoms with Crippen molar-refractivity contribution < 1.29 is 19.0 Å². The summed E-state index contributed by atoms with van der Waals surface area (Å²) in [7, 11) is 3.22. The zero-order valence-corrected chi connectivity index (χ0v) is 16.6. The minimum Gasteiger partial charge on any atom is -0.497 e. The molecule has 0 aromatic heterocycles. The van der Waals surface area contributed by atoms with Crippen LogP contribution in [0.25, 0.3) is 0 Å². The Morgan fingerprint density at radius 3 is 2.52 bits per heavy atom. The van der Waals surface area contributed by atoms with E-state index in [1.165, 1.54) is 5.56 Å². The summed E-state index contributed by atoms with van der Waals surface area (Å²) in [6, 6.07) is 11.7. The Labute approximate surface area is 161 Å². The predicted octanol–water partition coefficient (Wildman–Crippen LogP) is 4.19. The van der Waals surface area contributed by atoms with Crippen LogP contribution in [0.15, 0.2) is 36.4 Å². The standard InChI is InChI=1S/C22H29NO4/c1-16-8-9-17(2)20(13-16)27-12-6-5-7-22(24)23-15-18-10-11-19(25-3)14-21(18)26-4/h8-11,13-14H,5-7,12,15H2,1-4H3,(H,23,24). The number of aryl methyl sites for hydroxylation is 2. The van der Waals surface area contributed by atoms with Gasteiger partial charge in [0, 0.05) is 24.6 Å². The third-order valence-corrected chi connectivity index (χ3v) is 4.37. The first-order valence-corrected chi connectivity index (χ1v) is 9.21. The SMILES string of the molecule is COc1ccc(CNC(=O)CCCCOc2cc(C)ccc2C)c(OC)c1. The van der Waals surface area contributed by atoms with E-state index in [0.29, 0.717) is 25.3 Å². The summed E-state index contributed by atoms with van der Waals surface area (Å²) < 4.78 is 16.3. The van der Waals surface area contributed by atoms with Gasteiger partial charge in [0.1, 0.15) is 17.2 Å². The van der Waals surface area contributed by atoms with E-state index in [1.54, 1.807) is 14.2 Å². The van der Waals surface area contributed by atoms with E-state index in [2.05, 4.69) is 24.4 Å². The molecule has 0 radical (unpaired) electrons. The van der Waals surface area contributed by atoms with Gasteiger partial charge in [-0.05, 0) is 56.0 Å². The summed E-state index contributed by atoms with van der Waals surface area (Å²) in [6.45, 7) is 5.14. The summed E-state index contributed by atoms with van der Waals surface area (Å²) in [5.41, 5.74) is 3.24. The van der Waals surface area contributed by atoms with Crippen LogP contribution in [-0.2, 0) is 11.3 Å². The Morgan fingerprint density at radius 1 is 0.963 bits per heavy atom. The fraction of sp³-hybridized carbons (Fsp3) is 0.409. The second-order valence-corrected chi connectivity index (χ2v) is 6.53. The van der Waals surface area contributed by atoms with Gasteiger partial charge in [0.15, 0.2) is 0 Å². The van der Waals surface area contributed by atoms with Gasteiger partial charge in [-0.2, -0.15) is 0 Å². The smallest absolute Gasteiger partial charge is 0.220 e. The topological polar surface area (TPSA) is 56.8 Å². The maximum atomic E-state index is 12.1. The molecule has 146 valence electrons. The van der Waals surface area contributed by atoms with Gasteiger partial charge in [-0.1, -0.05) is 12.1 Å². The highest BCUT2D eigenvalue weighted by atomic mass is 16.5. The first kappa shape index (κ1) is 20.6. The highest BCUT2D eigenvalue weighted by Crippen LogP contribution is 2.24. The van der Waals surface area contributed by atoms with Crippen molar-refractivity contribution in [2.75, 3.05) is 20.8 Å². The zero-order chi connectivity index (χ0) is 19.6. The Morgan fingerprint density at radius 2 is 1.78 bits per heavy atom. The fourth-order valence-corrected chi connectivity index (χ4v) is 2.71. The second kappa shape index (κ2) is 10.5. The lowest BCUT2D eigenvalue weighted by Crippen LogP contribution is -2.22. The average Bonchev–Trinajstić information content (AvgIpc) is 2.68. The van der Waals surface area contributed by atoms with Crippen LogP contribution in [0.2, 0.25) is 0 Å². The van der Waals surface area contributed by atoms with E-state index < -0.39 is 0 Å². The van der Waals surface area contributed by atoms with Gasteiger partial charge in [0.2, 0.25) is 5.91 Å². The van der Waals surface area contributed by atoms with Gasteiger partial charge in [-0.15, -0.1) is 0 Å². The van der Waals surface area contributed by atoms with Crippen molar-refractivity contribution in [2.24, 2.45) is 0 Å². The third-order valence-electron chi connectivity index (χ3n) is 4.37. The second-order valence-electron chi connectivity index (χ2n) is 6.53. The van der Waals surface area contributed by atoms with Crippen molar-refractivity contribution in [3.05, 3.63) is 53.1 Å². The van der Waals surface area contributed by atoms with Gasteiger partial charge >= 0.3 is 0 Å². The lowest BCUT2D eigenvalue weighted by molar-refractivity contribution is -0.121. The van der Waals surface area contributed by atoms with Gasteiger partial charge in [-0.25, -0.2) is 0 Å². The van der Waals surface area contributed by atoms with Crippen LogP contribution in [-0.4, -0.2) is 26.7 Å². The van der Waals surface area contributed by atoms with Crippen LogP contribution < -0.4 is 19.5 Å². The van der Waals surface area contributed by atoms with Crippen LogP contribution in [0.1, 0.15) is 36.0 Å². The molecule has 2 aromatic rings. The molecule has 0 aliphatic heterocycles. The monoisotopic (exact) mass is 371 g/mol. The summed E-state index contributed by atoms with van der Waals surface area (Å²) in [5, 5.41) is 2.94. The number of amides is 1. The molecule has 0 bridgehead atoms. The van der Waals surface area contributed by atoms with E-state index in [4.69, 9.17) is 14.2 Å². The van der Waals surface area contributed by atoms with Crippen molar-refractivity contribution >= 4 is 5.91 Å². The molecule has 5 heteroatoms. The Hall–Kier alpha value is -2.69. The summed E-state index contributed by atoms with van der Waals surface area (Å²) in [4.78, 5) is 12.1. The molecule has 2 aromatic carbocycles. The fourth-order valence-electron chi connectivity index (χ4n) is 2.71. The molecule has 0 saturated carbocycles. The average molecular weight is 371 g/mol. The lowest BCUT2D eigenvalue weighted by Gasteiger charge is -2.12. The molecule has 1 N–H and O–H groups in total. The van der Waals surface area contributed by atoms with Crippen LogP contribution in [0, 0.1) is 13.8 Å². The summed E-state index contributed by atoms with van der Waals surface area (Å²) in [5.74, 6) is 2.38. The molecule has 0 unspecified atom stereocenters. The minimum atomic E-state index is 0.0274. The molecule has 1 amide bonds. The van der Waals surface area contributed by atoms with Gasteiger partial charge in [0.25, 0.3) is 0 Å². The molecule has 2 rings (SSSR count). The molecule has 5 nitrogen and oxygen atoms in total. The quantitative estimate of drug-likeness (QED) is 0.637. The third kappa shape index (κ3) is 6.51. The van der Waals surface area contributed by atoms with E-state index in [9.17, 15) is 4.79 Å². The normalized spacial score (nSPS) is 10.4. The van der Waals surface area contributed by atoms with Crippen molar-refractivity contribution in [3.8, 4) is 17.2 Å². The first-order chi connectivity index (χ1) is 13.0. The molecule has 27 heavy (non-hydrogen) atoms. The number of carbonyl (C=O) groups excluding carboxylic acids is 1. The van der Waals surface area contributed by atoms with Crippen molar-refractivity contribution in [3.63, 3.8) is 0 Å². The highest BCUT2D eigenvalue weighted by molar-refractivity contribution is 5.75. The molecular formula is C22H29NO4. The highest BCUT2D eigenvalue weighted by Gasteiger charge is 2.07. The number of methoxy groups -OCH3 is 2. The minimum absolute atomic E-state index is 0.0274. The van der Waals surface area contributed by atoms with Gasteiger partial charge < -0.3 is 19.5 Å². The maximum Gasteiger partial charge on any atom is 0.220 e. The van der Waals surface area contributed by atoms with Crippen LogP contribution in [0.5, 0.6) is 17.2 Å². The number of ether oxygens (including phenoxy) is 3. The number of hydrogen-bond donors (Lipinski definition) is 1. The molecule has 0 atom stereocenters. The lowest BCUT2D eigenvalue weighted by atomic mass is 10.1. The van der Waals surface area contributed by atoms with E-state index in [-0.39, 0.29) is 5.91 Å². The van der Waals surface area contributed by atoms with Gasteiger partial charge in [-0.3, -0.25) is 4.79 Å². The maximum absolute atomic E-state index is 12.1. The number of nitrogens with one attached hydrogen (secondary N) is 1. The zero-order valence-electron chi connectivity index (χ0n) is 16.6. The number of benzene rings is 2. The first-order valence-electron chi connectivity index (χ1n) is 9.21. The van der Waals surface area contributed by atoms with E-state index in [0.717, 1.165) is 35.5 Å². The van der Waals surface area contributed by atoms with Crippen LogP contribution in [0.4, 0.5) is 0 Å². The molecule has 0 saturated heterocycles. The van der Waals surface area contributed by atoms with E-state index in [1.807, 2.05) is 31.2 Å². The Kier molecular flexibility index (Phi) is 7.99. The molecule has 0 aliphatic carbocycles.